The van der Waals surface area contributed by atoms with Crippen molar-refractivity contribution in [3.63, 3.8) is 0 Å². The summed E-state index contributed by atoms with van der Waals surface area (Å²) in [6, 6.07) is 22.7. The Morgan fingerprint density at radius 3 is 2.14 bits per heavy atom. The molecule has 1 amide bonds. The van der Waals surface area contributed by atoms with Crippen LogP contribution in [0.1, 0.15) is 37.7 Å². The third kappa shape index (κ3) is 5.64. The Labute approximate surface area is 213 Å². The third-order valence-electron chi connectivity index (χ3n) is 5.51. The lowest BCUT2D eigenvalue weighted by molar-refractivity contribution is 0.0729. The second-order valence-corrected chi connectivity index (χ2v) is 8.44. The highest BCUT2D eigenvalue weighted by Gasteiger charge is 2.13. The molecule has 36 heavy (non-hydrogen) atoms. The number of esters is 1. The molecule has 4 rings (SSSR count). The molecule has 4 aromatic rings. The van der Waals surface area contributed by atoms with E-state index in [4.69, 9.17) is 21.1 Å². The summed E-state index contributed by atoms with van der Waals surface area (Å²) in [5, 5.41) is 4.56. The Morgan fingerprint density at radius 1 is 0.861 bits per heavy atom. The van der Waals surface area contributed by atoms with Crippen LogP contribution in [-0.4, -0.2) is 29.8 Å². The van der Waals surface area contributed by atoms with E-state index in [0.717, 1.165) is 17.1 Å². The number of nitrogens with zero attached hydrogens (tertiary/aromatic N) is 2. The summed E-state index contributed by atoms with van der Waals surface area (Å²) in [6.07, 6.45) is 1.48. The number of hydrogen-bond donors (Lipinski definition) is 1. The van der Waals surface area contributed by atoms with Gasteiger partial charge in [-0.15, -0.1) is 0 Å². The van der Waals surface area contributed by atoms with Gasteiger partial charge >= 0.3 is 5.97 Å². The number of rotatable bonds is 7. The fraction of sp³-hybridized carbons (Fsp3) is 0.107. The van der Waals surface area contributed by atoms with Crippen molar-refractivity contribution < 1.29 is 19.1 Å². The van der Waals surface area contributed by atoms with Gasteiger partial charge in [-0.2, -0.15) is 5.10 Å². The Hall–Kier alpha value is -4.36. The van der Waals surface area contributed by atoms with Crippen LogP contribution in [0.2, 0.25) is 5.02 Å². The first kappa shape index (κ1) is 24.8. The predicted molar refractivity (Wildman–Crippen MR) is 140 cm³/mol. The molecule has 1 aromatic heterocycles. The lowest BCUT2D eigenvalue weighted by Gasteiger charge is -2.10. The summed E-state index contributed by atoms with van der Waals surface area (Å²) in [7, 11) is 1.47. The van der Waals surface area contributed by atoms with Crippen molar-refractivity contribution in [2.45, 2.75) is 13.8 Å². The summed E-state index contributed by atoms with van der Waals surface area (Å²) >= 11 is 5.86. The molecule has 0 saturated carbocycles. The SMILES string of the molecule is COc1cc(C=NNC(=O)c2ccc(-n3c(C)ccc3C)cc2)ccc1OC(=O)c1ccc(Cl)cc1. The number of aryl methyl sites for hydroxylation is 2. The van der Waals surface area contributed by atoms with Crippen molar-refractivity contribution in [1.29, 1.82) is 0 Å². The average molecular weight is 502 g/mol. The van der Waals surface area contributed by atoms with Crippen molar-refractivity contribution >= 4 is 29.7 Å². The third-order valence-corrected chi connectivity index (χ3v) is 5.76. The van der Waals surface area contributed by atoms with Gasteiger partial charge in [-0.05, 0) is 98.3 Å². The summed E-state index contributed by atoms with van der Waals surface area (Å²) in [6.45, 7) is 4.07. The number of carbonyl (C=O) groups excluding carboxylic acids is 2. The van der Waals surface area contributed by atoms with Crippen LogP contribution < -0.4 is 14.9 Å². The van der Waals surface area contributed by atoms with Crippen LogP contribution >= 0.6 is 11.6 Å². The number of methoxy groups -OCH3 is 1. The number of nitrogens with one attached hydrogen (secondary N) is 1. The van der Waals surface area contributed by atoms with Crippen LogP contribution in [0.4, 0.5) is 0 Å². The second-order valence-electron chi connectivity index (χ2n) is 8.00. The van der Waals surface area contributed by atoms with Crippen LogP contribution in [0.5, 0.6) is 11.5 Å². The minimum Gasteiger partial charge on any atom is -0.493 e. The molecule has 7 nitrogen and oxygen atoms in total. The maximum atomic E-state index is 12.5. The molecule has 0 spiro atoms. The van der Waals surface area contributed by atoms with Crippen molar-refractivity contribution in [2.75, 3.05) is 7.11 Å². The zero-order valence-corrected chi connectivity index (χ0v) is 20.7. The first-order chi connectivity index (χ1) is 17.4. The average Bonchev–Trinajstić information content (AvgIpc) is 3.22. The zero-order chi connectivity index (χ0) is 25.7. The molecule has 0 bridgehead atoms. The van der Waals surface area contributed by atoms with Gasteiger partial charge in [0, 0.05) is 27.7 Å². The molecule has 0 atom stereocenters. The van der Waals surface area contributed by atoms with Crippen molar-refractivity contribution in [1.82, 2.24) is 9.99 Å². The molecule has 8 heteroatoms. The van der Waals surface area contributed by atoms with Crippen LogP contribution in [-0.2, 0) is 0 Å². The summed E-state index contributed by atoms with van der Waals surface area (Å²) < 4.78 is 12.9. The summed E-state index contributed by atoms with van der Waals surface area (Å²) in [5.41, 5.74) is 7.24. The minimum absolute atomic E-state index is 0.256. The van der Waals surface area contributed by atoms with Gasteiger partial charge < -0.3 is 14.0 Å². The highest BCUT2D eigenvalue weighted by atomic mass is 35.5. The van der Waals surface area contributed by atoms with Gasteiger partial charge in [-0.1, -0.05) is 11.6 Å². The highest BCUT2D eigenvalue weighted by molar-refractivity contribution is 6.30. The van der Waals surface area contributed by atoms with Crippen LogP contribution in [0.3, 0.4) is 0 Å². The highest BCUT2D eigenvalue weighted by Crippen LogP contribution is 2.28. The Morgan fingerprint density at radius 2 is 1.50 bits per heavy atom. The number of amides is 1. The molecule has 0 aliphatic carbocycles. The van der Waals surface area contributed by atoms with Gasteiger partial charge in [-0.3, -0.25) is 4.79 Å². The molecular formula is C28H24ClN3O4. The minimum atomic E-state index is -0.535. The van der Waals surface area contributed by atoms with Crippen LogP contribution in [0, 0.1) is 13.8 Å². The number of halogens is 1. The topological polar surface area (TPSA) is 81.9 Å². The fourth-order valence-electron chi connectivity index (χ4n) is 3.66. The summed E-state index contributed by atoms with van der Waals surface area (Å²) in [4.78, 5) is 24.9. The van der Waals surface area contributed by atoms with Crippen LogP contribution in [0.15, 0.2) is 84.0 Å². The van der Waals surface area contributed by atoms with E-state index in [1.54, 1.807) is 54.6 Å². The largest absolute Gasteiger partial charge is 0.493 e. The molecule has 0 aliphatic rings. The molecule has 0 aliphatic heterocycles. The standard InChI is InChI=1S/C28H24ClN3O4/c1-18-4-5-19(2)32(18)24-13-9-21(10-14-24)27(33)31-30-17-20-6-15-25(26(16-20)35-3)36-28(34)22-7-11-23(29)12-8-22/h4-17H,1-3H3,(H,31,33). The quantitative estimate of drug-likeness (QED) is 0.151. The lowest BCUT2D eigenvalue weighted by atomic mass is 10.2. The number of benzene rings is 3. The van der Waals surface area contributed by atoms with E-state index in [1.165, 1.54) is 13.3 Å². The van der Waals surface area contributed by atoms with E-state index in [0.29, 0.717) is 27.5 Å². The molecular weight excluding hydrogens is 478 g/mol. The zero-order valence-electron chi connectivity index (χ0n) is 20.0. The number of ether oxygens (including phenoxy) is 2. The van der Waals surface area contributed by atoms with Gasteiger partial charge in [0.15, 0.2) is 11.5 Å². The van der Waals surface area contributed by atoms with Crippen molar-refractivity contribution in [2.24, 2.45) is 5.10 Å². The van der Waals surface area contributed by atoms with Crippen LogP contribution in [0.25, 0.3) is 5.69 Å². The lowest BCUT2D eigenvalue weighted by Crippen LogP contribution is -2.17. The number of carbonyl (C=O) groups is 2. The van der Waals surface area contributed by atoms with Crippen molar-refractivity contribution in [3.8, 4) is 17.2 Å². The molecule has 1 heterocycles. The fourth-order valence-corrected chi connectivity index (χ4v) is 3.79. The molecule has 0 radical (unpaired) electrons. The monoisotopic (exact) mass is 501 g/mol. The molecule has 182 valence electrons. The number of hydrogen-bond acceptors (Lipinski definition) is 5. The maximum absolute atomic E-state index is 12.5. The number of aromatic nitrogens is 1. The van der Waals surface area contributed by atoms with Gasteiger partial charge in [0.1, 0.15) is 0 Å². The Balaban J connectivity index is 1.39. The van der Waals surface area contributed by atoms with Gasteiger partial charge in [-0.25, -0.2) is 10.2 Å². The van der Waals surface area contributed by atoms with E-state index < -0.39 is 5.97 Å². The van der Waals surface area contributed by atoms with E-state index in [-0.39, 0.29) is 11.7 Å². The molecule has 0 fully saturated rings. The second kappa shape index (κ2) is 10.9. The maximum Gasteiger partial charge on any atom is 0.343 e. The van der Waals surface area contributed by atoms with Crippen molar-refractivity contribution in [3.05, 3.63) is 112 Å². The van der Waals surface area contributed by atoms with E-state index in [1.807, 2.05) is 26.0 Å². The number of hydrazone groups is 1. The Kier molecular flexibility index (Phi) is 7.51. The summed E-state index contributed by atoms with van der Waals surface area (Å²) in [5.74, 6) is -0.267. The van der Waals surface area contributed by atoms with E-state index >= 15 is 0 Å². The van der Waals surface area contributed by atoms with Gasteiger partial charge in [0.05, 0.1) is 18.9 Å². The smallest absolute Gasteiger partial charge is 0.343 e. The first-order valence-electron chi connectivity index (χ1n) is 11.1. The molecule has 1 N–H and O–H groups in total. The first-order valence-corrected chi connectivity index (χ1v) is 11.5. The van der Waals surface area contributed by atoms with Gasteiger partial charge in [0.2, 0.25) is 0 Å². The molecule has 3 aromatic carbocycles. The predicted octanol–water partition coefficient (Wildman–Crippen LogP) is 5.74. The molecule has 0 unspecified atom stereocenters. The normalized spacial score (nSPS) is 10.9. The van der Waals surface area contributed by atoms with Gasteiger partial charge in [0.25, 0.3) is 5.91 Å². The van der Waals surface area contributed by atoms with E-state index in [9.17, 15) is 9.59 Å². The Bertz CT molecular complexity index is 1400. The van der Waals surface area contributed by atoms with E-state index in [2.05, 4.69) is 27.2 Å². The molecule has 0 saturated heterocycles.